The molecule has 1 aliphatic rings. The third-order valence-corrected chi connectivity index (χ3v) is 7.78. The van der Waals surface area contributed by atoms with Crippen molar-refractivity contribution in [3.05, 3.63) is 81.3 Å². The number of hydrogen-bond acceptors (Lipinski definition) is 4. The molecule has 1 atom stereocenters. The Hall–Kier alpha value is -2.91. The molecule has 0 spiro atoms. The molecule has 2 aromatic carbocycles. The summed E-state index contributed by atoms with van der Waals surface area (Å²) in [5.41, 5.74) is 2.72. The Labute approximate surface area is 214 Å². The van der Waals surface area contributed by atoms with Crippen molar-refractivity contribution in [2.45, 2.75) is 38.6 Å². The topological polar surface area (TPSA) is 61.9 Å². The second-order valence-electron chi connectivity index (χ2n) is 8.62. The first-order chi connectivity index (χ1) is 16.9. The number of imidazole rings is 1. The Morgan fingerprint density at radius 2 is 1.71 bits per heavy atom. The van der Waals surface area contributed by atoms with E-state index in [0.29, 0.717) is 24.4 Å². The van der Waals surface area contributed by atoms with Gasteiger partial charge in [0.15, 0.2) is 0 Å². The van der Waals surface area contributed by atoms with Crippen molar-refractivity contribution in [2.75, 3.05) is 6.54 Å². The van der Waals surface area contributed by atoms with Crippen LogP contribution in [0, 0.1) is 18.6 Å². The Morgan fingerprint density at radius 1 is 1.06 bits per heavy atom. The SMILES string of the molecule is Cc1nc(C(=O)N2CCCCC2Cc2nc(-c3ccc(F)cc3)c(Br)[nH]2)c(-c2ccc(F)cc2)s1. The fourth-order valence-corrected chi connectivity index (χ4v) is 5.96. The van der Waals surface area contributed by atoms with E-state index >= 15 is 0 Å². The minimum Gasteiger partial charge on any atom is -0.336 e. The predicted octanol–water partition coefficient (Wildman–Crippen LogP) is 6.79. The first kappa shape index (κ1) is 23.8. The van der Waals surface area contributed by atoms with Crippen LogP contribution in [0.2, 0.25) is 0 Å². The van der Waals surface area contributed by atoms with Crippen LogP contribution in [-0.4, -0.2) is 38.3 Å². The minimum atomic E-state index is -0.316. The first-order valence-corrected chi connectivity index (χ1v) is 13.0. The average molecular weight is 557 g/mol. The molecule has 5 rings (SSSR count). The van der Waals surface area contributed by atoms with E-state index in [1.165, 1.54) is 35.6 Å². The summed E-state index contributed by atoms with van der Waals surface area (Å²) in [6.07, 6.45) is 3.40. The van der Waals surface area contributed by atoms with Gasteiger partial charge in [-0.2, -0.15) is 0 Å². The van der Waals surface area contributed by atoms with Gasteiger partial charge in [0.25, 0.3) is 5.91 Å². The van der Waals surface area contributed by atoms with Crippen LogP contribution in [0.5, 0.6) is 0 Å². The van der Waals surface area contributed by atoms with E-state index in [4.69, 9.17) is 4.98 Å². The lowest BCUT2D eigenvalue weighted by Crippen LogP contribution is -2.45. The number of thiazole rings is 1. The number of benzene rings is 2. The van der Waals surface area contributed by atoms with E-state index in [1.807, 2.05) is 11.8 Å². The smallest absolute Gasteiger partial charge is 0.274 e. The maximum Gasteiger partial charge on any atom is 0.274 e. The summed E-state index contributed by atoms with van der Waals surface area (Å²) in [6.45, 7) is 2.52. The molecular formula is C26H23BrF2N4OS. The third kappa shape index (κ3) is 5.06. The summed E-state index contributed by atoms with van der Waals surface area (Å²) in [4.78, 5) is 29.0. The van der Waals surface area contributed by atoms with Crippen molar-refractivity contribution in [3.63, 3.8) is 0 Å². The van der Waals surface area contributed by atoms with Gasteiger partial charge in [0.1, 0.15) is 33.4 Å². The van der Waals surface area contributed by atoms with Gasteiger partial charge < -0.3 is 9.88 Å². The molecular weight excluding hydrogens is 534 g/mol. The number of carbonyl (C=O) groups excluding carboxylic acids is 1. The van der Waals surface area contributed by atoms with Crippen LogP contribution in [0.1, 0.15) is 40.6 Å². The molecule has 5 nitrogen and oxygen atoms in total. The second-order valence-corrected chi connectivity index (χ2v) is 10.6. The van der Waals surface area contributed by atoms with E-state index < -0.39 is 0 Å². The number of nitrogens with zero attached hydrogens (tertiary/aromatic N) is 3. The van der Waals surface area contributed by atoms with Crippen molar-refractivity contribution in [2.24, 2.45) is 0 Å². The Morgan fingerprint density at radius 3 is 2.40 bits per heavy atom. The molecule has 0 radical (unpaired) electrons. The number of likely N-dealkylation sites (tertiary alicyclic amines) is 1. The summed E-state index contributed by atoms with van der Waals surface area (Å²) >= 11 is 4.98. The van der Waals surface area contributed by atoms with E-state index in [2.05, 4.69) is 25.9 Å². The number of rotatable bonds is 5. The fourth-order valence-electron chi connectivity index (χ4n) is 4.50. The van der Waals surface area contributed by atoms with Crippen LogP contribution in [-0.2, 0) is 6.42 Å². The standard InChI is InChI=1S/C26H23BrF2N4OS/c1-15-30-23(24(35-15)17-7-11-19(29)12-8-17)26(34)33-13-3-2-4-20(33)14-21-31-22(25(27)32-21)16-5-9-18(28)10-6-16/h5-12,20H,2-4,13-14H2,1H3,(H,31,32). The number of aryl methyl sites for hydroxylation is 1. The zero-order chi connectivity index (χ0) is 24.5. The van der Waals surface area contributed by atoms with Crippen molar-refractivity contribution in [1.82, 2.24) is 19.9 Å². The number of H-pyrrole nitrogens is 1. The van der Waals surface area contributed by atoms with Crippen LogP contribution >= 0.6 is 27.3 Å². The van der Waals surface area contributed by atoms with Crippen LogP contribution < -0.4 is 0 Å². The quantitative estimate of drug-likeness (QED) is 0.294. The van der Waals surface area contributed by atoms with Crippen LogP contribution in [0.3, 0.4) is 0 Å². The maximum atomic E-state index is 13.7. The largest absolute Gasteiger partial charge is 0.336 e. The molecule has 1 amide bonds. The highest BCUT2D eigenvalue weighted by Crippen LogP contribution is 2.33. The third-order valence-electron chi connectivity index (χ3n) is 6.19. The summed E-state index contributed by atoms with van der Waals surface area (Å²) in [5, 5.41) is 0.792. The lowest BCUT2D eigenvalue weighted by molar-refractivity contribution is 0.0606. The highest BCUT2D eigenvalue weighted by molar-refractivity contribution is 9.10. The summed E-state index contributed by atoms with van der Waals surface area (Å²) in [6, 6.07) is 12.3. The molecule has 0 aliphatic carbocycles. The lowest BCUT2D eigenvalue weighted by atomic mass is 9.98. The van der Waals surface area contributed by atoms with Crippen molar-refractivity contribution in [1.29, 1.82) is 0 Å². The van der Waals surface area contributed by atoms with Gasteiger partial charge in [-0.25, -0.2) is 18.7 Å². The zero-order valence-corrected chi connectivity index (χ0v) is 21.4. The molecule has 3 heterocycles. The predicted molar refractivity (Wildman–Crippen MR) is 136 cm³/mol. The number of halogens is 3. The molecule has 35 heavy (non-hydrogen) atoms. The highest BCUT2D eigenvalue weighted by Gasteiger charge is 2.32. The summed E-state index contributed by atoms with van der Waals surface area (Å²) in [7, 11) is 0. The van der Waals surface area contributed by atoms with Gasteiger partial charge >= 0.3 is 0 Å². The molecule has 2 aromatic heterocycles. The monoisotopic (exact) mass is 556 g/mol. The first-order valence-electron chi connectivity index (χ1n) is 11.4. The number of hydrogen-bond donors (Lipinski definition) is 1. The number of piperidine rings is 1. The average Bonchev–Trinajstić information content (AvgIpc) is 3.42. The van der Waals surface area contributed by atoms with Gasteiger partial charge in [0, 0.05) is 24.6 Å². The van der Waals surface area contributed by atoms with Gasteiger partial charge in [-0.15, -0.1) is 11.3 Å². The molecule has 180 valence electrons. The number of aromatic amines is 1. The van der Waals surface area contributed by atoms with E-state index in [0.717, 1.165) is 50.7 Å². The maximum absolute atomic E-state index is 13.7. The fraction of sp³-hybridized carbons (Fsp3) is 0.269. The Kier molecular flexibility index (Phi) is 6.80. The second kappa shape index (κ2) is 9.99. The molecule has 9 heteroatoms. The van der Waals surface area contributed by atoms with Crippen molar-refractivity contribution >= 4 is 33.2 Å². The van der Waals surface area contributed by atoms with Crippen molar-refractivity contribution < 1.29 is 13.6 Å². The van der Waals surface area contributed by atoms with Gasteiger partial charge in [0.2, 0.25) is 0 Å². The molecule has 1 aliphatic heterocycles. The van der Waals surface area contributed by atoms with Crippen molar-refractivity contribution in [3.8, 4) is 21.7 Å². The number of carbonyl (C=O) groups is 1. The van der Waals surface area contributed by atoms with E-state index in [-0.39, 0.29) is 23.6 Å². The van der Waals surface area contributed by atoms with Gasteiger partial charge in [-0.3, -0.25) is 4.79 Å². The molecule has 1 fully saturated rings. The summed E-state index contributed by atoms with van der Waals surface area (Å²) in [5.74, 6) is 0.0368. The molecule has 0 saturated carbocycles. The Balaban J connectivity index is 1.40. The normalized spacial score (nSPS) is 16.0. The number of aromatic nitrogens is 3. The van der Waals surface area contributed by atoms with Gasteiger partial charge in [-0.05, 0) is 84.1 Å². The Bertz CT molecular complexity index is 1350. The summed E-state index contributed by atoms with van der Waals surface area (Å²) < 4.78 is 27.5. The minimum absolute atomic E-state index is 0.0292. The molecule has 0 bridgehead atoms. The van der Waals surface area contributed by atoms with Crippen LogP contribution in [0.15, 0.2) is 53.1 Å². The van der Waals surface area contributed by atoms with E-state index in [9.17, 15) is 13.6 Å². The van der Waals surface area contributed by atoms with E-state index in [1.54, 1.807) is 24.3 Å². The highest BCUT2D eigenvalue weighted by atomic mass is 79.9. The molecule has 1 unspecified atom stereocenters. The van der Waals surface area contributed by atoms with Crippen LogP contribution in [0.4, 0.5) is 8.78 Å². The van der Waals surface area contributed by atoms with Gasteiger partial charge in [0.05, 0.1) is 9.88 Å². The molecule has 1 saturated heterocycles. The number of nitrogens with one attached hydrogen (secondary N) is 1. The molecule has 1 N–H and O–H groups in total. The van der Waals surface area contributed by atoms with Crippen LogP contribution in [0.25, 0.3) is 21.7 Å². The number of amides is 1. The molecule has 4 aromatic rings. The zero-order valence-electron chi connectivity index (χ0n) is 19.0. The van der Waals surface area contributed by atoms with Gasteiger partial charge in [-0.1, -0.05) is 12.1 Å². The lowest BCUT2D eigenvalue weighted by Gasteiger charge is -2.35.